The first-order valence-electron chi connectivity index (χ1n) is 39.8. The molecule has 0 amide bonds. The van der Waals surface area contributed by atoms with Gasteiger partial charge in [-0.2, -0.15) is 0 Å². The van der Waals surface area contributed by atoms with E-state index < -0.39 is 91.5 Å². The summed E-state index contributed by atoms with van der Waals surface area (Å²) in [6.07, 6.45) is 89.6. The van der Waals surface area contributed by atoms with Crippen LogP contribution < -0.4 is 0 Å². The SMILES string of the molecule is CC/C=C\C/C=C\C/C=C\C/C=C\C/C=C\CCCCCCCCCCCCCCCC(=O)OCC(O)COP(=O)(O)OCC(O)COP(=O)(O)OCC(COC(=O)CCCCCCC/C=C\C/C=C\C/C=C\C/C=C\CCCCC)OC(=O)CCCCCCC/C=C\CCCCCCCC. The first-order chi connectivity index (χ1) is 49.2. The lowest BCUT2D eigenvalue weighted by molar-refractivity contribution is -0.161. The Labute approximate surface area is 614 Å². The van der Waals surface area contributed by atoms with Crippen LogP contribution in [-0.4, -0.2) is 95.9 Å². The summed E-state index contributed by atoms with van der Waals surface area (Å²) in [5.41, 5.74) is 0. The van der Waals surface area contributed by atoms with Crippen molar-refractivity contribution in [1.29, 1.82) is 0 Å². The third-order valence-electron chi connectivity index (χ3n) is 16.6. The molecule has 582 valence electrons. The van der Waals surface area contributed by atoms with Crippen molar-refractivity contribution in [2.24, 2.45) is 0 Å². The zero-order valence-electron chi connectivity index (χ0n) is 63.5. The molecule has 0 aliphatic heterocycles. The molecular formula is C83H144O16P2. The van der Waals surface area contributed by atoms with Gasteiger partial charge in [0.05, 0.1) is 26.4 Å². The number of allylic oxidation sites excluding steroid dienone is 20. The van der Waals surface area contributed by atoms with E-state index in [0.29, 0.717) is 19.3 Å². The van der Waals surface area contributed by atoms with Gasteiger partial charge < -0.3 is 34.2 Å². The zero-order valence-corrected chi connectivity index (χ0v) is 65.3. The highest BCUT2D eigenvalue weighted by Crippen LogP contribution is 2.45. The van der Waals surface area contributed by atoms with Crippen LogP contribution in [0.15, 0.2) is 122 Å². The predicted octanol–water partition coefficient (Wildman–Crippen LogP) is 23.3. The topological polar surface area (TPSA) is 231 Å². The molecule has 0 fully saturated rings. The van der Waals surface area contributed by atoms with Gasteiger partial charge in [-0.15, -0.1) is 0 Å². The Morgan fingerprint density at radius 1 is 0.287 bits per heavy atom. The zero-order chi connectivity index (χ0) is 73.7. The van der Waals surface area contributed by atoms with Crippen molar-refractivity contribution in [2.75, 3.05) is 39.6 Å². The van der Waals surface area contributed by atoms with Gasteiger partial charge >= 0.3 is 33.6 Å². The second-order valence-corrected chi connectivity index (χ2v) is 29.4. The van der Waals surface area contributed by atoms with E-state index in [1.54, 1.807) is 0 Å². The summed E-state index contributed by atoms with van der Waals surface area (Å²) in [5, 5.41) is 20.6. The molecule has 0 saturated heterocycles. The van der Waals surface area contributed by atoms with E-state index in [4.69, 9.17) is 32.3 Å². The van der Waals surface area contributed by atoms with Crippen LogP contribution in [0.25, 0.3) is 0 Å². The highest BCUT2D eigenvalue weighted by molar-refractivity contribution is 7.47. The average molecular weight is 1460 g/mol. The molecule has 16 nitrogen and oxygen atoms in total. The highest BCUT2D eigenvalue weighted by atomic mass is 31.2. The average Bonchev–Trinajstić information content (AvgIpc) is 1.14. The summed E-state index contributed by atoms with van der Waals surface area (Å²) in [6, 6.07) is 0. The Bertz CT molecular complexity index is 2320. The van der Waals surface area contributed by atoms with Crippen LogP contribution >= 0.6 is 15.6 Å². The van der Waals surface area contributed by atoms with Crippen LogP contribution in [0.4, 0.5) is 0 Å². The standard InChI is InChI=1S/C83H144O16P2/c1-4-7-10-13-16-19-22-25-28-30-32-34-35-36-37-38-39-40-41-43-45-46-49-51-54-57-60-63-66-69-81(86)93-72-78(84)73-95-100(89,90)96-74-79(85)75-97-101(91,92)98-77-80(99-83(88)71-68-65-62-59-56-53-48-27-24-21-18-15-12-9-6-3)76-94-82(87)70-67-64-61-58-55-52-50-47-44-42-33-31-29-26-23-20-17-14-11-8-5-2/h7,10,16-17,19-20,25-29,32-34,36-37,42,47-48,50,78-80,84-85H,4-6,8-9,11-15,18,21-24,30-31,35,38-41,43-46,49,51-77H2,1-3H3,(H,89,90)(H,91,92)/b10-7-,19-16-,20-17-,28-25-,29-26-,34-32-,37-36-,42-33-,48-27-,50-47-. The summed E-state index contributed by atoms with van der Waals surface area (Å²) in [6.45, 7) is 2.52. The Morgan fingerprint density at radius 3 is 0.861 bits per heavy atom. The lowest BCUT2D eigenvalue weighted by atomic mass is 10.0. The van der Waals surface area contributed by atoms with Gasteiger partial charge in [0.1, 0.15) is 25.4 Å². The molecule has 0 aromatic carbocycles. The Hall–Kier alpha value is -4.05. The molecule has 0 aliphatic carbocycles. The molecule has 101 heavy (non-hydrogen) atoms. The lowest BCUT2D eigenvalue weighted by Gasteiger charge is -2.21. The fourth-order valence-corrected chi connectivity index (χ4v) is 12.2. The summed E-state index contributed by atoms with van der Waals surface area (Å²) < 4.78 is 61.1. The number of hydrogen-bond donors (Lipinski definition) is 4. The molecule has 18 heteroatoms. The van der Waals surface area contributed by atoms with E-state index in [1.165, 1.54) is 122 Å². The third kappa shape index (κ3) is 76.9. The van der Waals surface area contributed by atoms with E-state index in [2.05, 4.69) is 142 Å². The predicted molar refractivity (Wildman–Crippen MR) is 417 cm³/mol. The molecule has 0 bridgehead atoms. The van der Waals surface area contributed by atoms with Gasteiger partial charge in [-0.25, -0.2) is 9.13 Å². The monoisotopic (exact) mass is 1460 g/mol. The van der Waals surface area contributed by atoms with Gasteiger partial charge in [0, 0.05) is 19.3 Å². The summed E-state index contributed by atoms with van der Waals surface area (Å²) >= 11 is 0. The molecule has 5 unspecified atom stereocenters. The second kappa shape index (κ2) is 75.6. The number of hydrogen-bond acceptors (Lipinski definition) is 14. The summed E-state index contributed by atoms with van der Waals surface area (Å²) in [7, 11) is -9.80. The molecule has 0 heterocycles. The van der Waals surface area contributed by atoms with E-state index in [-0.39, 0.29) is 19.3 Å². The molecule has 0 aromatic heterocycles. The van der Waals surface area contributed by atoms with Crippen molar-refractivity contribution >= 4 is 33.6 Å². The molecule has 0 aromatic rings. The molecule has 0 aliphatic rings. The minimum absolute atomic E-state index is 0.0894. The molecule has 0 radical (unpaired) electrons. The van der Waals surface area contributed by atoms with Crippen LogP contribution in [-0.2, 0) is 55.8 Å². The van der Waals surface area contributed by atoms with Gasteiger partial charge in [0.25, 0.3) is 0 Å². The van der Waals surface area contributed by atoms with Gasteiger partial charge in [0.2, 0.25) is 0 Å². The van der Waals surface area contributed by atoms with Crippen molar-refractivity contribution in [3.05, 3.63) is 122 Å². The quantitative estimate of drug-likeness (QED) is 0.0146. The van der Waals surface area contributed by atoms with Gasteiger partial charge in [-0.1, -0.05) is 296 Å². The van der Waals surface area contributed by atoms with Gasteiger partial charge in [0.15, 0.2) is 6.10 Å². The number of esters is 3. The number of phosphoric acid groups is 2. The van der Waals surface area contributed by atoms with E-state index in [9.17, 15) is 43.5 Å². The Morgan fingerprint density at radius 2 is 0.525 bits per heavy atom. The number of aliphatic hydroxyl groups is 2. The van der Waals surface area contributed by atoms with Crippen molar-refractivity contribution in [2.45, 2.75) is 347 Å². The minimum atomic E-state index is -4.94. The smallest absolute Gasteiger partial charge is 0.463 e. The maximum absolute atomic E-state index is 13.0. The fourth-order valence-electron chi connectivity index (χ4n) is 10.6. The summed E-state index contributed by atoms with van der Waals surface area (Å²) in [4.78, 5) is 58.6. The lowest BCUT2D eigenvalue weighted by Crippen LogP contribution is -2.30. The molecule has 0 rings (SSSR count). The number of aliphatic hydroxyl groups excluding tert-OH is 2. The first-order valence-corrected chi connectivity index (χ1v) is 42.8. The van der Waals surface area contributed by atoms with Crippen LogP contribution in [0, 0.1) is 0 Å². The summed E-state index contributed by atoms with van der Waals surface area (Å²) in [5.74, 6) is -1.60. The fraction of sp³-hybridized carbons (Fsp3) is 0.723. The van der Waals surface area contributed by atoms with Crippen molar-refractivity contribution < 1.29 is 75.8 Å². The van der Waals surface area contributed by atoms with Crippen LogP contribution in [0.3, 0.4) is 0 Å². The van der Waals surface area contributed by atoms with Crippen LogP contribution in [0.5, 0.6) is 0 Å². The molecule has 0 saturated carbocycles. The van der Waals surface area contributed by atoms with Gasteiger partial charge in [-0.05, 0) is 135 Å². The number of rotatable bonds is 75. The number of carbonyl (C=O) groups excluding carboxylic acids is 3. The van der Waals surface area contributed by atoms with E-state index in [0.717, 1.165) is 148 Å². The van der Waals surface area contributed by atoms with Crippen LogP contribution in [0.1, 0.15) is 329 Å². The van der Waals surface area contributed by atoms with Crippen molar-refractivity contribution in [3.63, 3.8) is 0 Å². The molecule has 5 atom stereocenters. The van der Waals surface area contributed by atoms with Gasteiger partial charge in [-0.3, -0.25) is 32.5 Å². The second-order valence-electron chi connectivity index (χ2n) is 26.5. The maximum atomic E-state index is 13.0. The normalized spacial score (nSPS) is 14.6. The number of unbranched alkanes of at least 4 members (excludes halogenated alkanes) is 32. The minimum Gasteiger partial charge on any atom is -0.463 e. The third-order valence-corrected chi connectivity index (χ3v) is 18.5. The first kappa shape index (κ1) is 97.0. The largest absolute Gasteiger partial charge is 0.472 e. The number of carbonyl (C=O) groups is 3. The van der Waals surface area contributed by atoms with Crippen molar-refractivity contribution in [1.82, 2.24) is 0 Å². The molecule has 4 N–H and O–H groups in total. The van der Waals surface area contributed by atoms with E-state index >= 15 is 0 Å². The molecular weight excluding hydrogens is 1310 g/mol. The van der Waals surface area contributed by atoms with E-state index in [1.807, 2.05) is 0 Å². The highest BCUT2D eigenvalue weighted by Gasteiger charge is 2.29. The van der Waals surface area contributed by atoms with Crippen molar-refractivity contribution in [3.8, 4) is 0 Å². The maximum Gasteiger partial charge on any atom is 0.472 e. The molecule has 0 spiro atoms. The van der Waals surface area contributed by atoms with Crippen LogP contribution in [0.2, 0.25) is 0 Å². The number of phosphoric ester groups is 2. The Kier molecular flexibility index (Phi) is 72.6. The number of ether oxygens (including phenoxy) is 3. The Balaban J connectivity index is 4.54.